The smallest absolute Gasteiger partial charge is 0.253 e. The largest absolute Gasteiger partial charge is 0.394 e. The summed E-state index contributed by atoms with van der Waals surface area (Å²) in [5.74, 6) is -0.348. The van der Waals surface area contributed by atoms with Gasteiger partial charge in [-0.25, -0.2) is 0 Å². The van der Waals surface area contributed by atoms with Crippen LogP contribution in [-0.4, -0.2) is 22.6 Å². The van der Waals surface area contributed by atoms with Gasteiger partial charge in [0.2, 0.25) is 5.56 Å². The van der Waals surface area contributed by atoms with Gasteiger partial charge in [-0.2, -0.15) is 0 Å². The van der Waals surface area contributed by atoms with Crippen molar-refractivity contribution in [2.45, 2.75) is 6.04 Å². The Kier molecular flexibility index (Phi) is 4.10. The first-order chi connectivity index (χ1) is 9.20. The summed E-state index contributed by atoms with van der Waals surface area (Å²) in [5.41, 5.74) is 0.898. The molecule has 1 amide bonds. The van der Waals surface area contributed by atoms with Crippen LogP contribution in [0.1, 0.15) is 22.0 Å². The van der Waals surface area contributed by atoms with Crippen molar-refractivity contribution in [3.8, 4) is 0 Å². The zero-order chi connectivity index (χ0) is 13.7. The number of aromatic amines is 1. The molecule has 0 aliphatic carbocycles. The van der Waals surface area contributed by atoms with E-state index in [0.717, 1.165) is 5.56 Å². The van der Waals surface area contributed by atoms with Crippen molar-refractivity contribution in [3.63, 3.8) is 0 Å². The third kappa shape index (κ3) is 3.29. The van der Waals surface area contributed by atoms with E-state index >= 15 is 0 Å². The Morgan fingerprint density at radius 1 is 1.21 bits per heavy atom. The summed E-state index contributed by atoms with van der Waals surface area (Å²) < 4.78 is 0. The average molecular weight is 258 g/mol. The molecule has 2 aromatic rings. The highest BCUT2D eigenvalue weighted by Crippen LogP contribution is 2.12. The molecule has 1 aromatic carbocycles. The highest BCUT2D eigenvalue weighted by Gasteiger charge is 2.14. The molecule has 0 bridgehead atoms. The Hall–Kier alpha value is -2.40. The molecule has 0 saturated heterocycles. The van der Waals surface area contributed by atoms with Gasteiger partial charge in [-0.05, 0) is 11.6 Å². The van der Waals surface area contributed by atoms with E-state index in [-0.39, 0.29) is 18.1 Å². The van der Waals surface area contributed by atoms with Crippen LogP contribution in [0.15, 0.2) is 53.5 Å². The summed E-state index contributed by atoms with van der Waals surface area (Å²) in [6.45, 7) is -0.195. The molecule has 5 heteroatoms. The summed E-state index contributed by atoms with van der Waals surface area (Å²) in [4.78, 5) is 25.3. The highest BCUT2D eigenvalue weighted by molar-refractivity contribution is 5.94. The van der Waals surface area contributed by atoms with E-state index in [9.17, 15) is 14.7 Å². The van der Waals surface area contributed by atoms with E-state index in [1.54, 1.807) is 0 Å². The lowest BCUT2D eigenvalue weighted by atomic mass is 10.1. The van der Waals surface area contributed by atoms with Crippen molar-refractivity contribution in [2.24, 2.45) is 0 Å². The summed E-state index contributed by atoms with van der Waals surface area (Å²) in [6, 6.07) is 11.4. The van der Waals surface area contributed by atoms with E-state index in [2.05, 4.69) is 10.3 Å². The molecule has 0 aliphatic heterocycles. The summed E-state index contributed by atoms with van der Waals surface area (Å²) >= 11 is 0. The molecule has 2 rings (SSSR count). The third-order valence-corrected chi connectivity index (χ3v) is 2.74. The second-order valence-corrected chi connectivity index (χ2v) is 4.06. The summed E-state index contributed by atoms with van der Waals surface area (Å²) in [6.07, 6.45) is 1.34. The van der Waals surface area contributed by atoms with Crippen molar-refractivity contribution in [1.29, 1.82) is 0 Å². The maximum absolute atomic E-state index is 12.0. The molecule has 1 atom stereocenters. The van der Waals surface area contributed by atoms with Crippen LogP contribution < -0.4 is 10.9 Å². The van der Waals surface area contributed by atoms with Crippen molar-refractivity contribution in [1.82, 2.24) is 10.3 Å². The van der Waals surface area contributed by atoms with Gasteiger partial charge < -0.3 is 15.4 Å². The first-order valence-corrected chi connectivity index (χ1v) is 5.86. The number of aliphatic hydroxyl groups is 1. The molecule has 5 nitrogen and oxygen atoms in total. The predicted octanol–water partition coefficient (Wildman–Crippen LogP) is 0.838. The lowest BCUT2D eigenvalue weighted by Crippen LogP contribution is -2.31. The Morgan fingerprint density at radius 2 is 1.95 bits per heavy atom. The van der Waals surface area contributed by atoms with E-state index in [1.165, 1.54) is 18.3 Å². The Bertz CT molecular complexity index is 587. The molecular formula is C14H14N2O3. The van der Waals surface area contributed by atoms with Gasteiger partial charge in [0.15, 0.2) is 0 Å². The number of amides is 1. The minimum absolute atomic E-state index is 0.195. The van der Waals surface area contributed by atoms with E-state index in [0.29, 0.717) is 5.56 Å². The Balaban J connectivity index is 2.13. The van der Waals surface area contributed by atoms with Gasteiger partial charge in [0, 0.05) is 12.3 Å². The van der Waals surface area contributed by atoms with Crippen LogP contribution in [0.4, 0.5) is 0 Å². The zero-order valence-electron chi connectivity index (χ0n) is 10.2. The molecule has 0 saturated carbocycles. The SMILES string of the molecule is O=C(N[C@H](CO)c1ccccc1)c1ccc(=O)[nH]c1. The van der Waals surface area contributed by atoms with Crippen molar-refractivity contribution in [2.75, 3.05) is 6.61 Å². The standard InChI is InChI=1S/C14H14N2O3/c17-9-12(10-4-2-1-3-5-10)16-14(19)11-6-7-13(18)15-8-11/h1-8,12,17H,9H2,(H,15,18)(H,16,19)/t12-/m1/s1. The van der Waals surface area contributed by atoms with Crippen LogP contribution in [0.5, 0.6) is 0 Å². The van der Waals surface area contributed by atoms with E-state index in [4.69, 9.17) is 0 Å². The fourth-order valence-corrected chi connectivity index (χ4v) is 1.71. The van der Waals surface area contributed by atoms with Crippen LogP contribution in [0.3, 0.4) is 0 Å². The fourth-order valence-electron chi connectivity index (χ4n) is 1.71. The number of pyridine rings is 1. The molecule has 19 heavy (non-hydrogen) atoms. The molecule has 1 heterocycles. The van der Waals surface area contributed by atoms with Crippen LogP contribution in [0.25, 0.3) is 0 Å². The highest BCUT2D eigenvalue weighted by atomic mass is 16.3. The number of aromatic nitrogens is 1. The zero-order valence-corrected chi connectivity index (χ0v) is 10.2. The molecule has 98 valence electrons. The number of aliphatic hydroxyl groups excluding tert-OH is 1. The van der Waals surface area contributed by atoms with Gasteiger partial charge >= 0.3 is 0 Å². The molecule has 1 aromatic heterocycles. The van der Waals surface area contributed by atoms with Gasteiger partial charge in [-0.15, -0.1) is 0 Å². The minimum atomic E-state index is -0.472. The fraction of sp³-hybridized carbons (Fsp3) is 0.143. The number of nitrogens with one attached hydrogen (secondary N) is 2. The summed E-state index contributed by atoms with van der Waals surface area (Å²) in [7, 11) is 0. The maximum Gasteiger partial charge on any atom is 0.253 e. The van der Waals surface area contributed by atoms with Gasteiger partial charge in [0.05, 0.1) is 18.2 Å². The second kappa shape index (κ2) is 5.97. The van der Waals surface area contributed by atoms with Gasteiger partial charge in [-0.1, -0.05) is 30.3 Å². The molecule has 0 spiro atoms. The maximum atomic E-state index is 12.0. The van der Waals surface area contributed by atoms with Crippen molar-refractivity contribution in [3.05, 3.63) is 70.1 Å². The van der Waals surface area contributed by atoms with E-state index < -0.39 is 6.04 Å². The summed E-state index contributed by atoms with van der Waals surface area (Å²) in [5, 5.41) is 12.1. The number of carbonyl (C=O) groups is 1. The van der Waals surface area contributed by atoms with E-state index in [1.807, 2.05) is 30.3 Å². The Labute approximate surface area is 109 Å². The molecular weight excluding hydrogens is 244 g/mol. The van der Waals surface area contributed by atoms with Crippen LogP contribution in [0, 0.1) is 0 Å². The minimum Gasteiger partial charge on any atom is -0.394 e. The van der Waals surface area contributed by atoms with Crippen LogP contribution in [0.2, 0.25) is 0 Å². The number of benzene rings is 1. The predicted molar refractivity (Wildman–Crippen MR) is 70.8 cm³/mol. The monoisotopic (exact) mass is 258 g/mol. The normalized spacial score (nSPS) is 11.8. The number of carbonyl (C=O) groups excluding carboxylic acids is 1. The Morgan fingerprint density at radius 3 is 2.53 bits per heavy atom. The lowest BCUT2D eigenvalue weighted by Gasteiger charge is -2.16. The third-order valence-electron chi connectivity index (χ3n) is 2.74. The van der Waals surface area contributed by atoms with Gasteiger partial charge in [0.25, 0.3) is 5.91 Å². The quantitative estimate of drug-likeness (QED) is 0.760. The van der Waals surface area contributed by atoms with Gasteiger partial charge in [-0.3, -0.25) is 9.59 Å². The first kappa shape index (κ1) is 13.0. The van der Waals surface area contributed by atoms with Crippen molar-refractivity contribution < 1.29 is 9.90 Å². The molecule has 3 N–H and O–H groups in total. The number of H-pyrrole nitrogens is 1. The molecule has 0 aliphatic rings. The number of hydrogen-bond acceptors (Lipinski definition) is 3. The number of hydrogen-bond donors (Lipinski definition) is 3. The molecule has 0 radical (unpaired) electrons. The first-order valence-electron chi connectivity index (χ1n) is 5.86. The van der Waals surface area contributed by atoms with Gasteiger partial charge in [0.1, 0.15) is 0 Å². The van der Waals surface area contributed by atoms with Crippen LogP contribution in [-0.2, 0) is 0 Å². The number of rotatable bonds is 4. The average Bonchev–Trinajstić information content (AvgIpc) is 2.46. The second-order valence-electron chi connectivity index (χ2n) is 4.06. The lowest BCUT2D eigenvalue weighted by molar-refractivity contribution is 0.0916. The van der Waals surface area contributed by atoms with Crippen molar-refractivity contribution >= 4 is 5.91 Å². The molecule has 0 fully saturated rings. The molecule has 0 unspecified atom stereocenters. The van der Waals surface area contributed by atoms with Crippen LogP contribution >= 0.6 is 0 Å². The topological polar surface area (TPSA) is 82.2 Å².